The van der Waals surface area contributed by atoms with Gasteiger partial charge in [0.1, 0.15) is 0 Å². The average molecular weight is 276 g/mol. The van der Waals surface area contributed by atoms with Gasteiger partial charge in [0.05, 0.1) is 16.8 Å². The molecule has 4 heteroatoms. The summed E-state index contributed by atoms with van der Waals surface area (Å²) in [5, 5.41) is 16.6. The number of nitrogens with one attached hydrogen (secondary N) is 1. The topological polar surface area (TPSA) is 45.2 Å². The lowest BCUT2D eigenvalue weighted by Crippen LogP contribution is -2.21. The van der Waals surface area contributed by atoms with Crippen molar-refractivity contribution in [3.05, 3.63) is 51.5 Å². The van der Waals surface area contributed by atoms with Gasteiger partial charge in [0, 0.05) is 18.5 Å². The van der Waals surface area contributed by atoms with Crippen LogP contribution in [0.1, 0.15) is 34.9 Å². The van der Waals surface area contributed by atoms with Crippen molar-refractivity contribution in [1.29, 1.82) is 0 Å². The Balaban J connectivity index is 1.84. The van der Waals surface area contributed by atoms with E-state index < -0.39 is 6.10 Å². The summed E-state index contributed by atoms with van der Waals surface area (Å²) in [6, 6.07) is 7.94. The smallest absolute Gasteiger partial charge is 0.0926 e. The minimum atomic E-state index is -0.467. The third kappa shape index (κ3) is 3.86. The summed E-state index contributed by atoms with van der Waals surface area (Å²) in [6.07, 6.45) is 0.515. The summed E-state index contributed by atoms with van der Waals surface area (Å²) in [5.74, 6) is 0. The normalized spacial score (nSPS) is 12.6. The number of aliphatic hydroxyl groups is 1. The van der Waals surface area contributed by atoms with Crippen LogP contribution in [0.2, 0.25) is 0 Å². The Kier molecular flexibility index (Phi) is 5.07. The molecule has 0 aliphatic carbocycles. The first-order valence-corrected chi connectivity index (χ1v) is 7.46. The maximum Gasteiger partial charge on any atom is 0.0926 e. The summed E-state index contributed by atoms with van der Waals surface area (Å²) in [5.41, 5.74) is 3.17. The van der Waals surface area contributed by atoms with Crippen molar-refractivity contribution < 1.29 is 5.11 Å². The molecule has 0 amide bonds. The molecule has 0 saturated carbocycles. The third-order valence-electron chi connectivity index (χ3n) is 3.09. The molecule has 2 rings (SSSR count). The Labute approximate surface area is 118 Å². The minimum Gasteiger partial charge on any atom is -0.387 e. The van der Waals surface area contributed by atoms with Crippen molar-refractivity contribution in [2.24, 2.45) is 0 Å². The van der Waals surface area contributed by atoms with Crippen molar-refractivity contribution >= 4 is 11.3 Å². The highest BCUT2D eigenvalue weighted by Crippen LogP contribution is 2.16. The molecule has 1 aromatic carbocycles. The van der Waals surface area contributed by atoms with Crippen molar-refractivity contribution in [3.8, 4) is 0 Å². The largest absolute Gasteiger partial charge is 0.387 e. The molecule has 102 valence electrons. The summed E-state index contributed by atoms with van der Waals surface area (Å²) in [7, 11) is 0. The van der Waals surface area contributed by atoms with Crippen molar-refractivity contribution in [2.45, 2.75) is 32.9 Å². The van der Waals surface area contributed by atoms with Crippen LogP contribution in [0, 0.1) is 6.92 Å². The molecule has 0 aliphatic rings. The van der Waals surface area contributed by atoms with Crippen molar-refractivity contribution in [1.82, 2.24) is 10.3 Å². The van der Waals surface area contributed by atoms with E-state index in [2.05, 4.69) is 22.6 Å². The van der Waals surface area contributed by atoms with Crippen molar-refractivity contribution in [3.63, 3.8) is 0 Å². The van der Waals surface area contributed by atoms with E-state index in [1.54, 1.807) is 11.3 Å². The monoisotopic (exact) mass is 276 g/mol. The number of benzene rings is 1. The molecule has 0 aliphatic heterocycles. The molecule has 2 aromatic rings. The van der Waals surface area contributed by atoms with Gasteiger partial charge in [-0.3, -0.25) is 0 Å². The van der Waals surface area contributed by atoms with Gasteiger partial charge in [-0.25, -0.2) is 4.98 Å². The van der Waals surface area contributed by atoms with E-state index in [4.69, 9.17) is 0 Å². The predicted octanol–water partition coefficient (Wildman–Crippen LogP) is 2.84. The van der Waals surface area contributed by atoms with E-state index in [-0.39, 0.29) is 0 Å². The van der Waals surface area contributed by atoms with Gasteiger partial charge in [0.25, 0.3) is 0 Å². The second kappa shape index (κ2) is 6.80. The zero-order chi connectivity index (χ0) is 13.7. The Hall–Kier alpha value is -1.23. The van der Waals surface area contributed by atoms with E-state index in [9.17, 15) is 5.11 Å². The molecule has 2 N–H and O–H groups in total. The first kappa shape index (κ1) is 14.2. The van der Waals surface area contributed by atoms with Crippen LogP contribution in [0.5, 0.6) is 0 Å². The average Bonchev–Trinajstić information content (AvgIpc) is 2.87. The molecule has 0 radical (unpaired) electrons. The number of hydrogen-bond acceptors (Lipinski definition) is 4. The number of aromatic nitrogens is 1. The van der Waals surface area contributed by atoms with Gasteiger partial charge in [0.2, 0.25) is 0 Å². The molecule has 1 atom stereocenters. The third-order valence-corrected chi connectivity index (χ3v) is 4.13. The van der Waals surface area contributed by atoms with Gasteiger partial charge in [-0.05, 0) is 24.5 Å². The van der Waals surface area contributed by atoms with Gasteiger partial charge < -0.3 is 10.4 Å². The first-order valence-electron chi connectivity index (χ1n) is 6.58. The Morgan fingerprint density at radius 3 is 2.84 bits per heavy atom. The number of thiazole rings is 1. The minimum absolute atomic E-state index is 0.467. The second-order valence-corrected chi connectivity index (χ2v) is 5.53. The SMILES string of the molecule is CCc1nc(CNCC(O)c2ccccc2C)cs1. The Bertz CT molecular complexity index is 524. The molecule has 1 unspecified atom stereocenters. The fourth-order valence-corrected chi connectivity index (χ4v) is 2.74. The molecule has 3 nitrogen and oxygen atoms in total. The summed E-state index contributed by atoms with van der Waals surface area (Å²) < 4.78 is 0. The van der Waals surface area contributed by atoms with Crippen LogP contribution in [0.25, 0.3) is 0 Å². The molecular formula is C15H20N2OS. The number of aryl methyl sites for hydroxylation is 2. The van der Waals surface area contributed by atoms with Crippen LogP contribution < -0.4 is 5.32 Å². The van der Waals surface area contributed by atoms with E-state index in [1.807, 2.05) is 31.2 Å². The van der Waals surface area contributed by atoms with Crippen LogP contribution in [-0.2, 0) is 13.0 Å². The second-order valence-electron chi connectivity index (χ2n) is 4.59. The Morgan fingerprint density at radius 2 is 2.16 bits per heavy atom. The predicted molar refractivity (Wildman–Crippen MR) is 79.3 cm³/mol. The maximum atomic E-state index is 10.2. The summed E-state index contributed by atoms with van der Waals surface area (Å²) in [6.45, 7) is 5.38. The first-order chi connectivity index (χ1) is 9.20. The highest BCUT2D eigenvalue weighted by atomic mass is 32.1. The van der Waals surface area contributed by atoms with Crippen LogP contribution in [-0.4, -0.2) is 16.6 Å². The lowest BCUT2D eigenvalue weighted by molar-refractivity contribution is 0.173. The van der Waals surface area contributed by atoms with Gasteiger partial charge in [-0.15, -0.1) is 11.3 Å². The molecule has 19 heavy (non-hydrogen) atoms. The fourth-order valence-electron chi connectivity index (χ4n) is 2.00. The summed E-state index contributed by atoms with van der Waals surface area (Å²) in [4.78, 5) is 4.49. The molecule has 1 aromatic heterocycles. The number of aliphatic hydroxyl groups excluding tert-OH is 1. The summed E-state index contributed by atoms with van der Waals surface area (Å²) >= 11 is 1.69. The molecule has 0 saturated heterocycles. The van der Waals surface area contributed by atoms with Crippen LogP contribution in [0.3, 0.4) is 0 Å². The van der Waals surface area contributed by atoms with Gasteiger partial charge in [-0.2, -0.15) is 0 Å². The van der Waals surface area contributed by atoms with Crippen LogP contribution in [0.4, 0.5) is 0 Å². The van der Waals surface area contributed by atoms with E-state index >= 15 is 0 Å². The van der Waals surface area contributed by atoms with Crippen LogP contribution in [0.15, 0.2) is 29.6 Å². The van der Waals surface area contributed by atoms with E-state index in [1.165, 1.54) is 0 Å². The quantitative estimate of drug-likeness (QED) is 0.853. The standard InChI is InChI=1S/C15H20N2OS/c1-3-15-17-12(10-19-15)8-16-9-14(18)13-7-5-4-6-11(13)2/h4-7,10,14,16,18H,3,8-9H2,1-2H3. The zero-order valence-electron chi connectivity index (χ0n) is 11.4. The molecule has 0 spiro atoms. The van der Waals surface area contributed by atoms with Gasteiger partial charge in [-0.1, -0.05) is 31.2 Å². The number of hydrogen-bond donors (Lipinski definition) is 2. The maximum absolute atomic E-state index is 10.2. The van der Waals surface area contributed by atoms with E-state index in [0.29, 0.717) is 13.1 Å². The van der Waals surface area contributed by atoms with Gasteiger partial charge in [0.15, 0.2) is 0 Å². The molecule has 0 bridgehead atoms. The lowest BCUT2D eigenvalue weighted by atomic mass is 10.0. The zero-order valence-corrected chi connectivity index (χ0v) is 12.2. The van der Waals surface area contributed by atoms with E-state index in [0.717, 1.165) is 28.2 Å². The number of nitrogens with zero attached hydrogens (tertiary/aromatic N) is 1. The lowest BCUT2D eigenvalue weighted by Gasteiger charge is -2.14. The fraction of sp³-hybridized carbons (Fsp3) is 0.400. The highest BCUT2D eigenvalue weighted by Gasteiger charge is 2.09. The molecular weight excluding hydrogens is 256 g/mol. The Morgan fingerprint density at radius 1 is 1.37 bits per heavy atom. The molecule has 0 fully saturated rings. The highest BCUT2D eigenvalue weighted by molar-refractivity contribution is 7.09. The number of rotatable bonds is 6. The van der Waals surface area contributed by atoms with Crippen molar-refractivity contribution in [2.75, 3.05) is 6.54 Å². The van der Waals surface area contributed by atoms with Gasteiger partial charge >= 0.3 is 0 Å². The van der Waals surface area contributed by atoms with Crippen LogP contribution >= 0.6 is 11.3 Å². The molecule has 1 heterocycles.